The molecule has 0 saturated carbocycles. The number of carboxylic acid groups (broad SMARTS) is 1. The van der Waals surface area contributed by atoms with Gasteiger partial charge in [-0.2, -0.15) is 0 Å². The molecule has 1 N–H and O–H groups in total. The molecule has 20 heavy (non-hydrogen) atoms. The molecular formula is C14H15NO4S. The van der Waals surface area contributed by atoms with Gasteiger partial charge in [0.15, 0.2) is 0 Å². The van der Waals surface area contributed by atoms with Gasteiger partial charge >= 0.3 is 5.97 Å². The van der Waals surface area contributed by atoms with E-state index in [1.54, 1.807) is 6.07 Å². The molecule has 1 aliphatic heterocycles. The maximum Gasteiger partial charge on any atom is 0.328 e. The van der Waals surface area contributed by atoms with Crippen molar-refractivity contribution >= 4 is 35.2 Å². The number of rotatable bonds is 4. The molecule has 2 amide bonds. The Labute approximate surface area is 120 Å². The first-order valence-corrected chi connectivity index (χ1v) is 7.26. The lowest BCUT2D eigenvalue weighted by atomic mass is 10.2. The molecule has 1 aromatic rings. The first-order chi connectivity index (χ1) is 9.56. The number of nitrogens with zero attached hydrogens (tertiary/aromatic N) is 1. The van der Waals surface area contributed by atoms with E-state index in [0.29, 0.717) is 12.8 Å². The molecule has 0 bridgehead atoms. The molecule has 0 unspecified atom stereocenters. The largest absolute Gasteiger partial charge is 0.478 e. The van der Waals surface area contributed by atoms with Crippen molar-refractivity contribution in [1.29, 1.82) is 0 Å². The number of carboxylic acids is 1. The van der Waals surface area contributed by atoms with Gasteiger partial charge in [0.05, 0.1) is 6.54 Å². The number of hydrogen-bond acceptors (Lipinski definition) is 4. The lowest BCUT2D eigenvalue weighted by Crippen LogP contribution is -2.34. The number of carbonyl (C=O) groups excluding carboxylic acids is 2. The van der Waals surface area contributed by atoms with Crippen LogP contribution in [0, 0.1) is 0 Å². The Kier molecular flexibility index (Phi) is 4.68. The van der Waals surface area contributed by atoms with Crippen LogP contribution >= 0.6 is 11.3 Å². The predicted octanol–water partition coefficient (Wildman–Crippen LogP) is 2.28. The van der Waals surface area contributed by atoms with E-state index in [1.165, 1.54) is 22.3 Å². The summed E-state index contributed by atoms with van der Waals surface area (Å²) in [7, 11) is 0. The minimum absolute atomic E-state index is 0.122. The molecule has 0 aliphatic carbocycles. The summed E-state index contributed by atoms with van der Waals surface area (Å²) in [5, 5.41) is 10.4. The molecule has 1 aromatic heterocycles. The zero-order valence-electron chi connectivity index (χ0n) is 10.9. The molecule has 2 heterocycles. The highest BCUT2D eigenvalue weighted by molar-refractivity contribution is 7.10. The van der Waals surface area contributed by atoms with E-state index < -0.39 is 5.97 Å². The van der Waals surface area contributed by atoms with Crippen LogP contribution in [0.5, 0.6) is 0 Å². The second-order valence-electron chi connectivity index (χ2n) is 4.60. The van der Waals surface area contributed by atoms with Crippen molar-refractivity contribution < 1.29 is 19.5 Å². The fourth-order valence-corrected chi connectivity index (χ4v) is 2.87. The molecule has 6 heteroatoms. The summed E-state index contributed by atoms with van der Waals surface area (Å²) in [6.07, 6.45) is 4.92. The van der Waals surface area contributed by atoms with Crippen molar-refractivity contribution in [2.45, 2.75) is 32.2 Å². The highest BCUT2D eigenvalue weighted by Gasteiger charge is 2.24. The van der Waals surface area contributed by atoms with Gasteiger partial charge in [0.1, 0.15) is 0 Å². The van der Waals surface area contributed by atoms with Crippen molar-refractivity contribution in [3.63, 3.8) is 0 Å². The van der Waals surface area contributed by atoms with E-state index >= 15 is 0 Å². The zero-order valence-corrected chi connectivity index (χ0v) is 11.7. The second-order valence-corrected chi connectivity index (χ2v) is 5.59. The minimum Gasteiger partial charge on any atom is -0.478 e. The standard InChI is InChI=1S/C14H15NO4S/c16-12-3-1-2-4-13(17)15(12)8-11-7-10(9-20-11)5-6-14(18)19/h5-7,9H,1-4,8H2,(H,18,19). The molecule has 2 rings (SSSR count). The summed E-state index contributed by atoms with van der Waals surface area (Å²) in [5.41, 5.74) is 0.766. The molecule has 0 aromatic carbocycles. The van der Waals surface area contributed by atoms with Crippen molar-refractivity contribution in [3.8, 4) is 0 Å². The summed E-state index contributed by atoms with van der Waals surface area (Å²) < 4.78 is 0. The predicted molar refractivity (Wildman–Crippen MR) is 75.0 cm³/mol. The average Bonchev–Trinajstić information content (AvgIpc) is 2.79. The normalized spacial score (nSPS) is 16.7. The number of likely N-dealkylation sites (tertiary alicyclic amines) is 1. The lowest BCUT2D eigenvalue weighted by molar-refractivity contribution is -0.144. The lowest BCUT2D eigenvalue weighted by Gasteiger charge is -2.17. The third-order valence-electron chi connectivity index (χ3n) is 3.04. The third-order valence-corrected chi connectivity index (χ3v) is 3.98. The van der Waals surface area contributed by atoms with E-state index in [4.69, 9.17) is 5.11 Å². The number of aliphatic carboxylic acids is 1. The van der Waals surface area contributed by atoms with Gasteiger partial charge in [-0.3, -0.25) is 14.5 Å². The fourth-order valence-electron chi connectivity index (χ4n) is 2.03. The molecule has 0 atom stereocenters. The van der Waals surface area contributed by atoms with Crippen molar-refractivity contribution in [2.24, 2.45) is 0 Å². The Bertz CT molecular complexity index is 543. The molecule has 1 saturated heterocycles. The Hall–Kier alpha value is -1.95. The fraction of sp³-hybridized carbons (Fsp3) is 0.357. The van der Waals surface area contributed by atoms with Gasteiger partial charge in [0.2, 0.25) is 11.8 Å². The summed E-state index contributed by atoms with van der Waals surface area (Å²) in [4.78, 5) is 36.4. The Morgan fingerprint density at radius 3 is 2.55 bits per heavy atom. The quantitative estimate of drug-likeness (QED) is 0.682. The summed E-state index contributed by atoms with van der Waals surface area (Å²) in [6, 6.07) is 1.80. The van der Waals surface area contributed by atoms with E-state index in [2.05, 4.69) is 0 Å². The molecule has 1 fully saturated rings. The van der Waals surface area contributed by atoms with Crippen molar-refractivity contribution in [1.82, 2.24) is 4.90 Å². The van der Waals surface area contributed by atoms with Crippen molar-refractivity contribution in [3.05, 3.63) is 28.0 Å². The van der Waals surface area contributed by atoms with Crippen LogP contribution in [-0.4, -0.2) is 27.8 Å². The molecule has 0 radical (unpaired) electrons. The van der Waals surface area contributed by atoms with Crippen LogP contribution in [0.1, 0.15) is 36.1 Å². The Morgan fingerprint density at radius 1 is 1.30 bits per heavy atom. The van der Waals surface area contributed by atoms with Gasteiger partial charge in [-0.1, -0.05) is 0 Å². The maximum absolute atomic E-state index is 11.9. The average molecular weight is 293 g/mol. The van der Waals surface area contributed by atoms with Crippen LogP contribution in [-0.2, 0) is 20.9 Å². The van der Waals surface area contributed by atoms with Crippen LogP contribution in [0.3, 0.4) is 0 Å². The summed E-state index contributed by atoms with van der Waals surface area (Å²) >= 11 is 1.42. The van der Waals surface area contributed by atoms with Crippen LogP contribution < -0.4 is 0 Å². The van der Waals surface area contributed by atoms with Crippen LogP contribution in [0.15, 0.2) is 17.5 Å². The molecule has 0 spiro atoms. The van der Waals surface area contributed by atoms with Crippen molar-refractivity contribution in [2.75, 3.05) is 0 Å². The Morgan fingerprint density at radius 2 is 1.95 bits per heavy atom. The van der Waals surface area contributed by atoms with E-state index in [-0.39, 0.29) is 18.4 Å². The highest BCUT2D eigenvalue weighted by atomic mass is 32.1. The second kappa shape index (κ2) is 6.47. The first kappa shape index (κ1) is 14.5. The number of hydrogen-bond donors (Lipinski definition) is 1. The molecule has 1 aliphatic rings. The number of thiophene rings is 1. The summed E-state index contributed by atoms with van der Waals surface area (Å²) in [6.45, 7) is 0.281. The maximum atomic E-state index is 11.9. The van der Waals surface area contributed by atoms with E-state index in [1.807, 2.05) is 5.38 Å². The zero-order chi connectivity index (χ0) is 14.5. The van der Waals surface area contributed by atoms with Gasteiger partial charge in [-0.15, -0.1) is 11.3 Å². The van der Waals surface area contributed by atoms with Crippen LogP contribution in [0.25, 0.3) is 6.08 Å². The number of carbonyl (C=O) groups is 3. The van der Waals surface area contributed by atoms with E-state index in [0.717, 1.165) is 29.4 Å². The van der Waals surface area contributed by atoms with Gasteiger partial charge < -0.3 is 5.11 Å². The van der Waals surface area contributed by atoms with Gasteiger partial charge in [0.25, 0.3) is 0 Å². The summed E-state index contributed by atoms with van der Waals surface area (Å²) in [5.74, 6) is -1.25. The number of imide groups is 1. The van der Waals surface area contributed by atoms with Crippen LogP contribution in [0.4, 0.5) is 0 Å². The molecule has 106 valence electrons. The SMILES string of the molecule is O=C(O)C=Cc1csc(CN2C(=O)CCCCC2=O)c1. The third kappa shape index (κ3) is 3.77. The molecular weight excluding hydrogens is 278 g/mol. The first-order valence-electron chi connectivity index (χ1n) is 6.38. The monoisotopic (exact) mass is 293 g/mol. The Balaban J connectivity index is 2.07. The van der Waals surface area contributed by atoms with Crippen LogP contribution in [0.2, 0.25) is 0 Å². The smallest absolute Gasteiger partial charge is 0.328 e. The topological polar surface area (TPSA) is 74.7 Å². The van der Waals surface area contributed by atoms with Gasteiger partial charge in [-0.05, 0) is 35.9 Å². The molecule has 5 nitrogen and oxygen atoms in total. The number of amides is 2. The van der Waals surface area contributed by atoms with Gasteiger partial charge in [-0.25, -0.2) is 4.79 Å². The van der Waals surface area contributed by atoms with Gasteiger partial charge in [0, 0.05) is 23.8 Å². The minimum atomic E-state index is -1.00. The van der Waals surface area contributed by atoms with E-state index in [9.17, 15) is 14.4 Å². The highest BCUT2D eigenvalue weighted by Crippen LogP contribution is 2.21.